The zero-order chi connectivity index (χ0) is 24.0. The maximum absolute atomic E-state index is 12.0. The average molecular weight is 514 g/mol. The highest BCUT2D eigenvalue weighted by Crippen LogP contribution is 2.26. The molecule has 0 bridgehead atoms. The van der Waals surface area contributed by atoms with Crippen molar-refractivity contribution in [1.82, 2.24) is 20.4 Å². The van der Waals surface area contributed by atoms with Crippen LogP contribution in [0.2, 0.25) is 15.2 Å². The molecular formula is C22H23Cl3N4O4. The molecule has 1 aliphatic rings. The van der Waals surface area contributed by atoms with Crippen LogP contribution in [0.5, 0.6) is 0 Å². The van der Waals surface area contributed by atoms with E-state index in [4.69, 9.17) is 39.5 Å². The van der Waals surface area contributed by atoms with E-state index in [2.05, 4.69) is 15.7 Å². The fraction of sp³-hybridized carbons (Fsp3) is 0.364. The molecule has 1 fully saturated rings. The van der Waals surface area contributed by atoms with E-state index < -0.39 is 24.5 Å². The molecule has 33 heavy (non-hydrogen) atoms. The smallest absolute Gasteiger partial charge is 0.331 e. The monoisotopic (exact) mass is 512 g/mol. The highest BCUT2D eigenvalue weighted by Gasteiger charge is 2.18. The maximum atomic E-state index is 12.0. The Morgan fingerprint density at radius 1 is 1.21 bits per heavy atom. The van der Waals surface area contributed by atoms with Gasteiger partial charge in [0.15, 0.2) is 6.61 Å². The lowest BCUT2D eigenvalue weighted by molar-refractivity contribution is -0.143. The van der Waals surface area contributed by atoms with Crippen molar-refractivity contribution >= 4 is 58.8 Å². The fourth-order valence-electron chi connectivity index (χ4n) is 3.46. The number of aromatic nitrogens is 2. The molecule has 1 aliphatic carbocycles. The second kappa shape index (κ2) is 11.5. The van der Waals surface area contributed by atoms with Gasteiger partial charge in [0.25, 0.3) is 5.91 Å². The van der Waals surface area contributed by atoms with Gasteiger partial charge in [0.05, 0.1) is 12.2 Å². The van der Waals surface area contributed by atoms with Gasteiger partial charge in [-0.25, -0.2) is 14.3 Å². The minimum Gasteiger partial charge on any atom is -0.452 e. The molecule has 3 amide bonds. The number of rotatable bonds is 7. The molecule has 1 saturated carbocycles. The molecule has 1 aromatic heterocycles. The number of amides is 3. The highest BCUT2D eigenvalue weighted by atomic mass is 35.5. The van der Waals surface area contributed by atoms with E-state index in [-0.39, 0.29) is 6.04 Å². The summed E-state index contributed by atoms with van der Waals surface area (Å²) < 4.78 is 6.44. The standard InChI is InChI=1S/C22H23Cl3N4O4/c1-13-17(21(25)29(28-13)11-14-6-7-15(23)10-18(14)24)8-9-20(31)33-12-19(30)27-22(32)26-16-4-2-3-5-16/h6-10,16H,2-5,11-12H2,1H3,(H2,26,27,30,32)/b9-8+. The Labute approximate surface area is 206 Å². The van der Waals surface area contributed by atoms with Crippen molar-refractivity contribution in [2.24, 2.45) is 0 Å². The third-order valence-electron chi connectivity index (χ3n) is 5.12. The maximum Gasteiger partial charge on any atom is 0.331 e. The fourth-order valence-corrected chi connectivity index (χ4v) is 4.23. The lowest BCUT2D eigenvalue weighted by Gasteiger charge is -2.12. The van der Waals surface area contributed by atoms with E-state index in [0.29, 0.717) is 33.0 Å². The van der Waals surface area contributed by atoms with Crippen molar-refractivity contribution < 1.29 is 19.1 Å². The summed E-state index contributed by atoms with van der Waals surface area (Å²) in [7, 11) is 0. The Morgan fingerprint density at radius 3 is 2.64 bits per heavy atom. The Bertz CT molecular complexity index is 1080. The van der Waals surface area contributed by atoms with Gasteiger partial charge in [0.1, 0.15) is 5.15 Å². The number of nitrogens with one attached hydrogen (secondary N) is 2. The summed E-state index contributed by atoms with van der Waals surface area (Å²) in [5.74, 6) is -1.47. The number of imide groups is 1. The first-order valence-corrected chi connectivity index (χ1v) is 11.5. The average Bonchev–Trinajstić information content (AvgIpc) is 3.35. The van der Waals surface area contributed by atoms with Crippen LogP contribution in [0, 0.1) is 6.92 Å². The number of halogens is 3. The van der Waals surface area contributed by atoms with Gasteiger partial charge in [-0.2, -0.15) is 5.10 Å². The molecule has 0 atom stereocenters. The van der Waals surface area contributed by atoms with Crippen LogP contribution < -0.4 is 10.6 Å². The van der Waals surface area contributed by atoms with Gasteiger partial charge in [0.2, 0.25) is 0 Å². The molecule has 0 aliphatic heterocycles. The molecule has 3 rings (SSSR count). The zero-order valence-corrected chi connectivity index (χ0v) is 20.1. The Hall–Kier alpha value is -2.55. The minimum atomic E-state index is -0.759. The number of hydrogen-bond acceptors (Lipinski definition) is 5. The summed E-state index contributed by atoms with van der Waals surface area (Å²) >= 11 is 18.6. The van der Waals surface area contributed by atoms with Crippen molar-refractivity contribution in [3.63, 3.8) is 0 Å². The van der Waals surface area contributed by atoms with Crippen LogP contribution in [0.1, 0.15) is 42.5 Å². The van der Waals surface area contributed by atoms with Gasteiger partial charge in [-0.05, 0) is 43.5 Å². The SMILES string of the molecule is Cc1nn(Cc2ccc(Cl)cc2Cl)c(Cl)c1/C=C/C(=O)OCC(=O)NC(=O)NC1CCCC1. The summed E-state index contributed by atoms with van der Waals surface area (Å²) in [4.78, 5) is 35.6. The normalized spacial score (nSPS) is 13.9. The number of ether oxygens (including phenoxy) is 1. The Balaban J connectivity index is 1.52. The molecule has 0 radical (unpaired) electrons. The number of urea groups is 1. The van der Waals surface area contributed by atoms with Gasteiger partial charge in [-0.3, -0.25) is 10.1 Å². The second-order valence-electron chi connectivity index (χ2n) is 7.63. The van der Waals surface area contributed by atoms with Crippen molar-refractivity contribution in [1.29, 1.82) is 0 Å². The summed E-state index contributed by atoms with van der Waals surface area (Å²) in [5.41, 5.74) is 1.90. The van der Waals surface area contributed by atoms with Crippen LogP contribution in [0.4, 0.5) is 4.79 Å². The number of carbonyl (C=O) groups is 3. The van der Waals surface area contributed by atoms with Crippen LogP contribution in [-0.4, -0.2) is 40.3 Å². The summed E-state index contributed by atoms with van der Waals surface area (Å²) in [6, 6.07) is 4.62. The molecule has 0 unspecified atom stereocenters. The first-order chi connectivity index (χ1) is 15.7. The Morgan fingerprint density at radius 2 is 1.94 bits per heavy atom. The van der Waals surface area contributed by atoms with Crippen molar-refractivity contribution in [3.8, 4) is 0 Å². The number of aryl methyl sites for hydroxylation is 1. The molecule has 1 aromatic carbocycles. The van der Waals surface area contributed by atoms with Gasteiger partial charge in [-0.1, -0.05) is 53.7 Å². The van der Waals surface area contributed by atoms with Crippen LogP contribution in [-0.2, 0) is 20.9 Å². The third-order valence-corrected chi connectivity index (χ3v) is 6.11. The van der Waals surface area contributed by atoms with Crippen molar-refractivity contribution in [2.75, 3.05) is 6.61 Å². The largest absolute Gasteiger partial charge is 0.452 e. The molecule has 176 valence electrons. The molecule has 1 heterocycles. The first-order valence-electron chi connectivity index (χ1n) is 10.3. The number of benzene rings is 1. The predicted molar refractivity (Wildman–Crippen MR) is 126 cm³/mol. The second-order valence-corrected chi connectivity index (χ2v) is 8.83. The zero-order valence-electron chi connectivity index (χ0n) is 17.9. The van der Waals surface area contributed by atoms with Gasteiger partial charge >= 0.3 is 12.0 Å². The lowest BCUT2D eigenvalue weighted by atomic mass is 10.2. The molecule has 11 heteroatoms. The van der Waals surface area contributed by atoms with Gasteiger partial charge < -0.3 is 10.1 Å². The molecule has 2 aromatic rings. The number of carbonyl (C=O) groups excluding carboxylic acids is 3. The topological polar surface area (TPSA) is 102 Å². The van der Waals surface area contributed by atoms with Crippen LogP contribution >= 0.6 is 34.8 Å². The Kier molecular flexibility index (Phi) is 8.77. The minimum absolute atomic E-state index is 0.0768. The molecule has 0 spiro atoms. The number of hydrogen-bond donors (Lipinski definition) is 2. The number of esters is 1. The summed E-state index contributed by atoms with van der Waals surface area (Å²) in [6.07, 6.45) is 6.50. The van der Waals surface area contributed by atoms with Crippen LogP contribution in [0.3, 0.4) is 0 Å². The third kappa shape index (κ3) is 7.22. The van der Waals surface area contributed by atoms with E-state index in [9.17, 15) is 14.4 Å². The van der Waals surface area contributed by atoms with E-state index in [1.54, 1.807) is 29.8 Å². The first kappa shape index (κ1) is 25.1. The molecular weight excluding hydrogens is 491 g/mol. The summed E-state index contributed by atoms with van der Waals surface area (Å²) in [5, 5.41) is 10.6. The van der Waals surface area contributed by atoms with E-state index in [1.807, 2.05) is 0 Å². The highest BCUT2D eigenvalue weighted by molar-refractivity contribution is 6.35. The number of nitrogens with zero attached hydrogens (tertiary/aromatic N) is 2. The molecule has 2 N–H and O–H groups in total. The molecule has 8 nitrogen and oxygen atoms in total. The lowest BCUT2D eigenvalue weighted by Crippen LogP contribution is -2.44. The van der Waals surface area contributed by atoms with E-state index in [1.165, 1.54) is 6.08 Å². The predicted octanol–water partition coefficient (Wildman–Crippen LogP) is 4.52. The van der Waals surface area contributed by atoms with Crippen LogP contribution in [0.25, 0.3) is 6.08 Å². The van der Waals surface area contributed by atoms with Crippen LogP contribution in [0.15, 0.2) is 24.3 Å². The van der Waals surface area contributed by atoms with E-state index in [0.717, 1.165) is 37.3 Å². The van der Waals surface area contributed by atoms with Crippen molar-refractivity contribution in [2.45, 2.75) is 45.2 Å². The van der Waals surface area contributed by atoms with Gasteiger partial charge in [0, 0.05) is 27.7 Å². The summed E-state index contributed by atoms with van der Waals surface area (Å²) in [6.45, 7) is 1.48. The van der Waals surface area contributed by atoms with Crippen molar-refractivity contribution in [3.05, 3.63) is 56.3 Å². The molecule has 0 saturated heterocycles. The quantitative estimate of drug-likeness (QED) is 0.418. The van der Waals surface area contributed by atoms with Gasteiger partial charge in [-0.15, -0.1) is 0 Å². The van der Waals surface area contributed by atoms with E-state index >= 15 is 0 Å².